The number of aromatic nitrogens is 1. The number of hydrogen-bond acceptors (Lipinski definition) is 5. The lowest BCUT2D eigenvalue weighted by molar-refractivity contribution is -0.133. The fourth-order valence-electron chi connectivity index (χ4n) is 1.02. The number of ether oxygens (including phenoxy) is 1. The summed E-state index contributed by atoms with van der Waals surface area (Å²) in [6.07, 6.45) is 2.53. The van der Waals surface area contributed by atoms with Gasteiger partial charge in [-0.3, -0.25) is 0 Å². The summed E-state index contributed by atoms with van der Waals surface area (Å²) in [5.41, 5.74) is 6.54. The van der Waals surface area contributed by atoms with Crippen molar-refractivity contribution in [2.24, 2.45) is 0 Å². The van der Waals surface area contributed by atoms with Gasteiger partial charge in [0.15, 0.2) is 5.13 Å². The van der Waals surface area contributed by atoms with Crippen LogP contribution in [-0.2, 0) is 9.53 Å². The van der Waals surface area contributed by atoms with Crippen LogP contribution in [0.1, 0.15) is 19.0 Å². The molecule has 0 aromatic carbocycles. The number of allylic oxidation sites excluding steroid dienone is 1. The Hall–Kier alpha value is -1.36. The van der Waals surface area contributed by atoms with E-state index >= 15 is 0 Å². The zero-order chi connectivity index (χ0) is 10.6. The molecule has 0 radical (unpaired) electrons. The topological polar surface area (TPSA) is 65.2 Å². The number of methoxy groups -OCH3 is 1. The van der Waals surface area contributed by atoms with Crippen LogP contribution in [0.25, 0.3) is 5.57 Å². The third kappa shape index (κ3) is 2.32. The fraction of sp³-hybridized carbons (Fsp3) is 0.333. The first kappa shape index (κ1) is 10.7. The second-order valence-corrected chi connectivity index (χ2v) is 3.48. The van der Waals surface area contributed by atoms with Crippen LogP contribution in [0, 0.1) is 0 Å². The predicted molar refractivity (Wildman–Crippen MR) is 56.8 cm³/mol. The first-order valence-electron chi connectivity index (χ1n) is 4.18. The number of carbonyl (C=O) groups excluding carboxylic acids is 1. The summed E-state index contributed by atoms with van der Waals surface area (Å²) >= 11 is 1.30. The molecule has 0 spiro atoms. The molecule has 4 nitrogen and oxygen atoms in total. The van der Waals surface area contributed by atoms with E-state index in [1.54, 1.807) is 11.5 Å². The molecule has 0 aliphatic carbocycles. The monoisotopic (exact) mass is 212 g/mol. The number of esters is 1. The van der Waals surface area contributed by atoms with Crippen LogP contribution in [0.3, 0.4) is 0 Å². The van der Waals surface area contributed by atoms with Crippen molar-refractivity contribution in [2.45, 2.75) is 13.3 Å². The van der Waals surface area contributed by atoms with Crippen LogP contribution in [0.4, 0.5) is 5.13 Å². The molecular formula is C9H12N2O2S. The Labute approximate surface area is 86.4 Å². The maximum absolute atomic E-state index is 11.3. The number of anilines is 1. The average molecular weight is 212 g/mol. The van der Waals surface area contributed by atoms with Crippen molar-refractivity contribution in [3.8, 4) is 0 Å². The van der Waals surface area contributed by atoms with Gasteiger partial charge in [-0.1, -0.05) is 13.0 Å². The first-order valence-corrected chi connectivity index (χ1v) is 5.06. The Balaban J connectivity index is 3.00. The number of nitrogens with two attached hydrogens (primary N) is 1. The van der Waals surface area contributed by atoms with E-state index in [4.69, 9.17) is 5.73 Å². The molecule has 2 N–H and O–H groups in total. The van der Waals surface area contributed by atoms with Gasteiger partial charge in [0.25, 0.3) is 0 Å². The van der Waals surface area contributed by atoms with Gasteiger partial charge in [0, 0.05) is 5.38 Å². The van der Waals surface area contributed by atoms with Crippen LogP contribution in [-0.4, -0.2) is 18.1 Å². The SMILES string of the molecule is CC/C=C(/C(=O)OC)c1csc(N)n1. The number of carbonyl (C=O) groups is 1. The van der Waals surface area contributed by atoms with E-state index in [1.807, 2.05) is 6.92 Å². The quantitative estimate of drug-likeness (QED) is 0.611. The number of nitrogens with zero attached hydrogens (tertiary/aromatic N) is 1. The van der Waals surface area contributed by atoms with Crippen LogP contribution in [0.15, 0.2) is 11.5 Å². The van der Waals surface area contributed by atoms with E-state index in [9.17, 15) is 4.79 Å². The minimum atomic E-state index is -0.378. The van der Waals surface area contributed by atoms with Crippen molar-refractivity contribution >= 4 is 28.0 Å². The minimum Gasteiger partial charge on any atom is -0.465 e. The van der Waals surface area contributed by atoms with Gasteiger partial charge in [0.1, 0.15) is 0 Å². The van der Waals surface area contributed by atoms with Gasteiger partial charge < -0.3 is 10.5 Å². The van der Waals surface area contributed by atoms with Gasteiger partial charge in [0.05, 0.1) is 18.4 Å². The van der Waals surface area contributed by atoms with Crippen LogP contribution in [0.2, 0.25) is 0 Å². The fourth-order valence-corrected chi connectivity index (χ4v) is 1.58. The number of nitrogen functional groups attached to an aromatic ring is 1. The molecule has 0 aliphatic rings. The third-order valence-electron chi connectivity index (χ3n) is 1.61. The Kier molecular flexibility index (Phi) is 3.64. The van der Waals surface area contributed by atoms with E-state index in [2.05, 4.69) is 9.72 Å². The van der Waals surface area contributed by atoms with E-state index in [-0.39, 0.29) is 5.97 Å². The van der Waals surface area contributed by atoms with Crippen LogP contribution < -0.4 is 5.73 Å². The summed E-state index contributed by atoms with van der Waals surface area (Å²) in [6, 6.07) is 0. The summed E-state index contributed by atoms with van der Waals surface area (Å²) in [5.74, 6) is -0.378. The summed E-state index contributed by atoms with van der Waals surface area (Å²) in [5, 5.41) is 2.19. The molecule has 0 bridgehead atoms. The van der Waals surface area contributed by atoms with E-state index < -0.39 is 0 Å². The van der Waals surface area contributed by atoms with Gasteiger partial charge in [0.2, 0.25) is 0 Å². The number of rotatable bonds is 3. The van der Waals surface area contributed by atoms with E-state index in [0.29, 0.717) is 16.4 Å². The van der Waals surface area contributed by atoms with Crippen molar-refractivity contribution in [3.05, 3.63) is 17.2 Å². The highest BCUT2D eigenvalue weighted by atomic mass is 32.1. The lowest BCUT2D eigenvalue weighted by Crippen LogP contribution is -2.04. The molecule has 0 unspecified atom stereocenters. The van der Waals surface area contributed by atoms with Gasteiger partial charge >= 0.3 is 5.97 Å². The Morgan fingerprint density at radius 2 is 2.50 bits per heavy atom. The number of thiazole rings is 1. The molecule has 1 aromatic rings. The average Bonchev–Trinajstić information content (AvgIpc) is 2.60. The molecule has 5 heteroatoms. The maximum Gasteiger partial charge on any atom is 0.339 e. The molecule has 0 amide bonds. The molecule has 0 saturated carbocycles. The Bertz CT molecular complexity index is 357. The lowest BCUT2D eigenvalue weighted by Gasteiger charge is -2.00. The largest absolute Gasteiger partial charge is 0.465 e. The molecule has 0 fully saturated rings. The zero-order valence-corrected chi connectivity index (χ0v) is 8.93. The first-order chi connectivity index (χ1) is 6.69. The van der Waals surface area contributed by atoms with Crippen molar-refractivity contribution in [3.63, 3.8) is 0 Å². The third-order valence-corrected chi connectivity index (χ3v) is 2.29. The Morgan fingerprint density at radius 1 is 1.79 bits per heavy atom. The van der Waals surface area contributed by atoms with Crippen molar-refractivity contribution in [1.82, 2.24) is 4.98 Å². The molecule has 76 valence electrons. The molecule has 0 saturated heterocycles. The van der Waals surface area contributed by atoms with Gasteiger partial charge in [-0.25, -0.2) is 9.78 Å². The summed E-state index contributed by atoms with van der Waals surface area (Å²) in [4.78, 5) is 15.4. The summed E-state index contributed by atoms with van der Waals surface area (Å²) < 4.78 is 4.65. The van der Waals surface area contributed by atoms with Crippen molar-refractivity contribution < 1.29 is 9.53 Å². The van der Waals surface area contributed by atoms with E-state index in [0.717, 1.165) is 6.42 Å². The molecule has 1 aromatic heterocycles. The standard InChI is InChI=1S/C9H12N2O2S/c1-3-4-6(8(12)13-2)7-5-14-9(10)11-7/h4-5H,3H2,1-2H3,(H2,10,11)/b6-4+. The highest BCUT2D eigenvalue weighted by molar-refractivity contribution is 7.13. The predicted octanol–water partition coefficient (Wildman–Crippen LogP) is 1.69. The highest BCUT2D eigenvalue weighted by Gasteiger charge is 2.14. The highest BCUT2D eigenvalue weighted by Crippen LogP contribution is 2.20. The molecule has 14 heavy (non-hydrogen) atoms. The second-order valence-electron chi connectivity index (χ2n) is 2.59. The number of hydrogen-bond donors (Lipinski definition) is 1. The van der Waals surface area contributed by atoms with Crippen LogP contribution in [0.5, 0.6) is 0 Å². The zero-order valence-electron chi connectivity index (χ0n) is 8.11. The smallest absolute Gasteiger partial charge is 0.339 e. The molecule has 0 atom stereocenters. The van der Waals surface area contributed by atoms with Gasteiger partial charge in [-0.2, -0.15) is 0 Å². The Morgan fingerprint density at radius 3 is 2.93 bits per heavy atom. The van der Waals surface area contributed by atoms with Crippen molar-refractivity contribution in [2.75, 3.05) is 12.8 Å². The lowest BCUT2D eigenvalue weighted by atomic mass is 10.2. The molecule has 0 aliphatic heterocycles. The summed E-state index contributed by atoms with van der Waals surface area (Å²) in [7, 11) is 1.35. The summed E-state index contributed by atoms with van der Waals surface area (Å²) in [6.45, 7) is 1.94. The van der Waals surface area contributed by atoms with Gasteiger partial charge in [-0.15, -0.1) is 11.3 Å². The normalized spacial score (nSPS) is 11.4. The van der Waals surface area contributed by atoms with Crippen molar-refractivity contribution in [1.29, 1.82) is 0 Å². The minimum absolute atomic E-state index is 0.378. The maximum atomic E-state index is 11.3. The molecule has 1 rings (SSSR count). The molecule has 1 heterocycles. The van der Waals surface area contributed by atoms with E-state index in [1.165, 1.54) is 18.4 Å². The second kappa shape index (κ2) is 4.76. The molecular weight excluding hydrogens is 200 g/mol. The van der Waals surface area contributed by atoms with Crippen LogP contribution >= 0.6 is 11.3 Å². The van der Waals surface area contributed by atoms with Gasteiger partial charge in [-0.05, 0) is 6.42 Å².